The summed E-state index contributed by atoms with van der Waals surface area (Å²) < 4.78 is 34.1. The Balaban J connectivity index is 0.000000135. The van der Waals surface area contributed by atoms with E-state index in [2.05, 4.69) is 165 Å². The number of piperazine rings is 4. The summed E-state index contributed by atoms with van der Waals surface area (Å²) in [4.78, 5) is 41.5. The predicted molar refractivity (Wildman–Crippen MR) is 387 cm³/mol. The molecule has 28 nitrogen and oxygen atoms in total. The van der Waals surface area contributed by atoms with Crippen LogP contribution in [0, 0.1) is 27.7 Å². The lowest BCUT2D eigenvalue weighted by atomic mass is 10.0. The average molecular weight is 1380 g/mol. The fourth-order valence-electron chi connectivity index (χ4n) is 13.6. The van der Waals surface area contributed by atoms with Crippen LogP contribution in [-0.2, 0) is 0 Å². The van der Waals surface area contributed by atoms with Crippen LogP contribution in [0.5, 0.6) is 11.5 Å². The molecule has 6 aliphatic rings. The lowest BCUT2D eigenvalue weighted by Gasteiger charge is -2.43. The molecular formula is C72H106N22O6. The van der Waals surface area contributed by atoms with E-state index in [1.165, 1.54) is 52.4 Å². The van der Waals surface area contributed by atoms with E-state index in [1.54, 1.807) is 32.8 Å². The van der Waals surface area contributed by atoms with E-state index in [9.17, 15) is 0 Å². The van der Waals surface area contributed by atoms with Crippen LogP contribution in [0.25, 0.3) is 46.3 Å². The van der Waals surface area contributed by atoms with Crippen molar-refractivity contribution in [2.75, 3.05) is 165 Å². The van der Waals surface area contributed by atoms with Crippen molar-refractivity contribution in [1.82, 2.24) is 90.1 Å². The normalized spacial score (nSPS) is 18.5. The number of aryl methyl sites for hydroxylation is 4. The van der Waals surface area contributed by atoms with Crippen LogP contribution in [0.15, 0.2) is 78.9 Å². The van der Waals surface area contributed by atoms with E-state index in [4.69, 9.17) is 27.1 Å². The summed E-state index contributed by atoms with van der Waals surface area (Å²) in [6.07, 6.45) is 11.7. The minimum absolute atomic E-state index is 0.421. The van der Waals surface area contributed by atoms with Crippen molar-refractivity contribution in [3.05, 3.63) is 83.4 Å². The van der Waals surface area contributed by atoms with Gasteiger partial charge < -0.3 is 46.7 Å². The molecule has 0 saturated carbocycles. The molecule has 0 aromatic carbocycles. The van der Waals surface area contributed by atoms with Crippen molar-refractivity contribution in [2.24, 2.45) is 0 Å². The topological polar surface area (TPSA) is 258 Å². The number of methoxy groups -OCH3 is 2. The molecule has 540 valence electrons. The van der Waals surface area contributed by atoms with Gasteiger partial charge in [0.1, 0.15) is 34.3 Å². The standard InChI is InChI=1S/C21H32N6O2.C20H30N6O.C16H23N5O2.C15H21N5O/c1-15(2)25-9-11-26(12-10-25)17-5-7-27(8-6-17)21-24-23-20(29-21)18-13-19(28-4)16(3)14-22-18;1-15(2)24-10-12-25(13-11-24)17-6-8-26(9-7-17)20-23-22-19(27-20)18-5-4-16(3)14-21-18;1-11(2)20-5-7-21(8-6-20)16-19-18-15(23-16)13-9-14(22-4)12(3)10-17-13;1-11(2)19-6-8-20(9-7-19)15-18-17-14(21-15)13-5-4-12(3)10-16-13/h13-15,17H,5-12H2,1-4H3;4-5,14-15,17H,6-13H2,1-3H3;9-11H,5-8H2,1-4H3;4-5,10-11H,6-9H2,1-3H3. The summed E-state index contributed by atoms with van der Waals surface area (Å²) in [5.41, 5.74) is 6.92. The second-order valence-corrected chi connectivity index (χ2v) is 28.1. The number of rotatable bonds is 16. The number of hydrogen-bond donors (Lipinski definition) is 0. The molecule has 6 saturated heterocycles. The van der Waals surface area contributed by atoms with E-state index in [0.717, 1.165) is 149 Å². The predicted octanol–water partition coefficient (Wildman–Crippen LogP) is 8.83. The highest BCUT2D eigenvalue weighted by Gasteiger charge is 2.33. The molecule has 8 aromatic rings. The molecule has 6 aliphatic heterocycles. The summed E-state index contributed by atoms with van der Waals surface area (Å²) in [6.45, 7) is 47.0. The Hall–Kier alpha value is -8.28. The van der Waals surface area contributed by atoms with Gasteiger partial charge in [0.2, 0.25) is 0 Å². The molecule has 0 N–H and O–H groups in total. The molecule has 28 heteroatoms. The van der Waals surface area contributed by atoms with Gasteiger partial charge in [0.05, 0.1) is 14.2 Å². The molecule has 8 aromatic heterocycles. The lowest BCUT2D eigenvalue weighted by molar-refractivity contribution is 0.0689. The summed E-state index contributed by atoms with van der Waals surface area (Å²) >= 11 is 0. The van der Waals surface area contributed by atoms with Gasteiger partial charge in [-0.05, 0) is 132 Å². The number of aromatic nitrogens is 12. The second-order valence-electron chi connectivity index (χ2n) is 28.1. The quantitative estimate of drug-likeness (QED) is 0.0875. The average Bonchev–Trinajstić information content (AvgIpc) is 1.71. The smallest absolute Gasteiger partial charge is 0.318 e. The molecule has 14 heterocycles. The van der Waals surface area contributed by atoms with Crippen LogP contribution in [0.4, 0.5) is 24.1 Å². The first-order chi connectivity index (χ1) is 48.4. The third-order valence-electron chi connectivity index (χ3n) is 20.2. The Labute approximate surface area is 589 Å². The van der Waals surface area contributed by atoms with E-state index in [-0.39, 0.29) is 0 Å². The number of ether oxygens (including phenoxy) is 2. The van der Waals surface area contributed by atoms with Gasteiger partial charge in [0, 0.05) is 215 Å². The fraction of sp³-hybridized carbons (Fsp3) is 0.611. The van der Waals surface area contributed by atoms with Gasteiger partial charge in [-0.2, -0.15) is 0 Å². The van der Waals surface area contributed by atoms with E-state index < -0.39 is 0 Å². The first kappa shape index (κ1) is 73.0. The summed E-state index contributed by atoms with van der Waals surface area (Å²) in [6, 6.07) is 17.7. The first-order valence-electron chi connectivity index (χ1n) is 36.0. The van der Waals surface area contributed by atoms with Gasteiger partial charge in [-0.25, -0.2) is 0 Å². The van der Waals surface area contributed by atoms with E-state index in [1.807, 2.05) is 70.3 Å². The number of pyridine rings is 4. The maximum Gasteiger partial charge on any atom is 0.318 e. The SMILES string of the molecule is COc1cc(-c2nnc(N3CCC(N4CCN(C(C)C)CC4)CC3)o2)ncc1C.COc1cc(-c2nnc(N3CCN(C(C)C)CC3)o2)ncc1C.Cc1ccc(-c2nnc(N3CCC(N4CCN(C(C)C)CC4)CC3)o2)nc1.Cc1ccc(-c2nnc(N3CCN(C(C)C)CC3)o2)nc1. The molecule has 0 amide bonds. The molecule has 0 bridgehead atoms. The molecule has 0 radical (unpaired) electrons. The van der Waals surface area contributed by atoms with Crippen molar-refractivity contribution >= 4 is 24.1 Å². The van der Waals surface area contributed by atoms with Crippen LogP contribution in [-0.4, -0.2) is 271 Å². The Morgan fingerprint density at radius 1 is 0.330 bits per heavy atom. The zero-order valence-corrected chi connectivity index (χ0v) is 61.5. The van der Waals surface area contributed by atoms with Crippen molar-refractivity contribution in [3.63, 3.8) is 0 Å². The van der Waals surface area contributed by atoms with Gasteiger partial charge in [0.25, 0.3) is 23.6 Å². The Kier molecular flexibility index (Phi) is 25.1. The Bertz CT molecular complexity index is 3750. The van der Waals surface area contributed by atoms with Crippen LogP contribution in [0.3, 0.4) is 0 Å². The highest BCUT2D eigenvalue weighted by Crippen LogP contribution is 2.31. The maximum atomic E-state index is 5.94. The third-order valence-corrected chi connectivity index (χ3v) is 20.2. The molecular weight excluding hydrogens is 1270 g/mol. The molecule has 0 spiro atoms. The maximum absolute atomic E-state index is 5.94. The molecule has 100 heavy (non-hydrogen) atoms. The summed E-state index contributed by atoms with van der Waals surface area (Å²) in [7, 11) is 3.29. The van der Waals surface area contributed by atoms with Crippen molar-refractivity contribution < 1.29 is 27.1 Å². The minimum Gasteiger partial charge on any atom is -0.496 e. The molecule has 0 unspecified atom stereocenters. The first-order valence-corrected chi connectivity index (χ1v) is 36.0. The van der Waals surface area contributed by atoms with Crippen LogP contribution < -0.4 is 29.1 Å². The van der Waals surface area contributed by atoms with Crippen LogP contribution in [0.1, 0.15) is 103 Å². The molecule has 6 fully saturated rings. The lowest BCUT2D eigenvalue weighted by Crippen LogP contribution is -2.54. The Morgan fingerprint density at radius 3 is 0.870 bits per heavy atom. The minimum atomic E-state index is 0.421. The van der Waals surface area contributed by atoms with Gasteiger partial charge in [-0.1, -0.05) is 32.5 Å². The number of nitrogens with zero attached hydrogens (tertiary/aromatic N) is 22. The van der Waals surface area contributed by atoms with Crippen LogP contribution in [0.2, 0.25) is 0 Å². The monoisotopic (exact) mass is 1370 g/mol. The molecule has 14 rings (SSSR count). The van der Waals surface area contributed by atoms with Crippen molar-refractivity contribution in [3.8, 4) is 57.8 Å². The van der Waals surface area contributed by atoms with E-state index in [0.29, 0.717) is 95.3 Å². The van der Waals surface area contributed by atoms with Crippen molar-refractivity contribution in [1.29, 1.82) is 0 Å². The van der Waals surface area contributed by atoms with Crippen LogP contribution >= 0.6 is 0 Å². The highest BCUT2D eigenvalue weighted by atomic mass is 16.5. The fourth-order valence-corrected chi connectivity index (χ4v) is 13.6. The van der Waals surface area contributed by atoms with Crippen molar-refractivity contribution in [2.45, 2.75) is 145 Å². The summed E-state index contributed by atoms with van der Waals surface area (Å²) in [5, 5.41) is 33.5. The van der Waals surface area contributed by atoms with Gasteiger partial charge in [0.15, 0.2) is 0 Å². The second kappa shape index (κ2) is 34.4. The van der Waals surface area contributed by atoms with Gasteiger partial charge >= 0.3 is 24.1 Å². The van der Waals surface area contributed by atoms with E-state index >= 15 is 0 Å². The molecule has 0 atom stereocenters. The number of piperidine rings is 2. The largest absolute Gasteiger partial charge is 0.496 e. The third kappa shape index (κ3) is 18.8. The molecule has 0 aliphatic carbocycles. The highest BCUT2D eigenvalue weighted by molar-refractivity contribution is 5.54. The Morgan fingerprint density at radius 2 is 0.600 bits per heavy atom. The van der Waals surface area contributed by atoms with Gasteiger partial charge in [-0.3, -0.25) is 49.3 Å². The number of anilines is 4. The zero-order chi connectivity index (χ0) is 70.4. The zero-order valence-electron chi connectivity index (χ0n) is 61.5. The number of hydrogen-bond acceptors (Lipinski definition) is 28. The van der Waals surface area contributed by atoms with Gasteiger partial charge in [-0.15, -0.1) is 20.4 Å². The summed E-state index contributed by atoms with van der Waals surface area (Å²) in [5.74, 6) is 3.37.